The number of hydrogen-bond donors (Lipinski definition) is 4. The van der Waals surface area contributed by atoms with Crippen LogP contribution in [0.2, 0.25) is 0 Å². The Balaban J connectivity index is -0.000000176. The average molecular weight is 456 g/mol. The van der Waals surface area contributed by atoms with Crippen LogP contribution in [0.5, 0.6) is 0 Å². The zero-order chi connectivity index (χ0) is 23.5. The molecule has 0 radical (unpaired) electrons. The van der Waals surface area contributed by atoms with Crippen LogP contribution in [0.1, 0.15) is 47.0 Å². The summed E-state index contributed by atoms with van der Waals surface area (Å²) < 4.78 is 19.4. The van der Waals surface area contributed by atoms with E-state index in [1.165, 1.54) is 13.5 Å². The Bertz CT molecular complexity index is 348. The van der Waals surface area contributed by atoms with E-state index in [-0.39, 0.29) is 25.7 Å². The topological polar surface area (TPSA) is 155 Å². The minimum atomic E-state index is -0.888. The number of methoxy groups -OCH3 is 2. The van der Waals surface area contributed by atoms with Crippen LogP contribution in [-0.2, 0) is 28.5 Å². The predicted molar refractivity (Wildman–Crippen MR) is 124 cm³/mol. The Morgan fingerprint density at radius 1 is 0.968 bits per heavy atom. The molecule has 10 heteroatoms. The number of nitrogens with two attached hydrogens (primary N) is 2. The summed E-state index contributed by atoms with van der Waals surface area (Å²) in [4.78, 5) is 20.8. The van der Waals surface area contributed by atoms with Gasteiger partial charge in [-0.2, -0.15) is 0 Å². The number of carboxylic acid groups (broad SMARTS) is 1. The normalized spacial score (nSPS) is 10.5. The molecule has 0 bridgehead atoms. The molecule has 0 saturated carbocycles. The molecule has 0 aliphatic rings. The quantitative estimate of drug-likeness (QED) is 0.186. The molecule has 6 N–H and O–H groups in total. The Morgan fingerprint density at radius 2 is 1.55 bits per heavy atom. The lowest BCUT2D eigenvalue weighted by Crippen LogP contribution is -2.18. The minimum Gasteiger partial charge on any atom is -0.481 e. The summed E-state index contributed by atoms with van der Waals surface area (Å²) in [6.07, 6.45) is 2.66. The molecule has 0 aliphatic heterocycles. The van der Waals surface area contributed by atoms with Crippen molar-refractivity contribution in [3.05, 3.63) is 0 Å². The number of ether oxygens (including phenoxy) is 4. The first-order valence-corrected chi connectivity index (χ1v) is 10.5. The minimum absolute atomic E-state index is 0. The maximum atomic E-state index is 10.7. The van der Waals surface area contributed by atoms with Gasteiger partial charge in [-0.3, -0.25) is 9.59 Å². The lowest BCUT2D eigenvalue weighted by molar-refractivity contribution is -0.145. The number of aliphatic carboxylic acids is 1. The number of carbonyl (C=O) groups excluding carboxylic acids is 1. The van der Waals surface area contributed by atoms with Crippen molar-refractivity contribution in [2.75, 3.05) is 73.4 Å². The first-order valence-electron chi connectivity index (χ1n) is 10.5. The van der Waals surface area contributed by atoms with Crippen molar-refractivity contribution in [2.24, 2.45) is 17.4 Å². The van der Waals surface area contributed by atoms with E-state index in [0.29, 0.717) is 46.0 Å². The fourth-order valence-corrected chi connectivity index (χ4v) is 1.74. The van der Waals surface area contributed by atoms with Gasteiger partial charge in [0.1, 0.15) is 0 Å². The Hall–Kier alpha value is -1.30. The summed E-state index contributed by atoms with van der Waals surface area (Å²) in [6.45, 7) is 10.5. The molecule has 0 aliphatic carbocycles. The third-order valence-corrected chi connectivity index (χ3v) is 3.45. The molecule has 0 rings (SSSR count). The van der Waals surface area contributed by atoms with Crippen molar-refractivity contribution < 1.29 is 33.6 Å². The zero-order valence-electron chi connectivity index (χ0n) is 19.3. The fraction of sp³-hybridized carbons (Fsp3) is 0.905. The Morgan fingerprint density at radius 3 is 2.00 bits per heavy atom. The van der Waals surface area contributed by atoms with Gasteiger partial charge in [-0.25, -0.2) is 0 Å². The van der Waals surface area contributed by atoms with E-state index in [1.54, 1.807) is 14.0 Å². The maximum Gasteiger partial charge on any atom is 0.308 e. The fourth-order valence-electron chi connectivity index (χ4n) is 1.74. The van der Waals surface area contributed by atoms with Gasteiger partial charge in [-0.1, -0.05) is 21.3 Å². The van der Waals surface area contributed by atoms with Gasteiger partial charge in [0.05, 0.1) is 46.1 Å². The molecule has 0 aromatic rings. The number of nitrogens with one attached hydrogen (secondary N) is 1. The molecule has 190 valence electrons. The molecule has 1 unspecified atom stereocenters. The number of rotatable bonds is 17. The SMILES string of the molecule is C.CCCNCCCN.COC(=O)C(C)CCC(=O)O.COCCOCCOCCN. The monoisotopic (exact) mass is 455 g/mol. The van der Waals surface area contributed by atoms with Gasteiger partial charge in [-0.05, 0) is 38.9 Å². The highest BCUT2D eigenvalue weighted by Gasteiger charge is 2.13. The summed E-state index contributed by atoms with van der Waals surface area (Å²) in [5.74, 6) is -1.57. The van der Waals surface area contributed by atoms with E-state index >= 15 is 0 Å². The number of carbonyl (C=O) groups is 2. The third kappa shape index (κ3) is 39.7. The van der Waals surface area contributed by atoms with E-state index in [1.807, 2.05) is 0 Å². The van der Waals surface area contributed by atoms with Gasteiger partial charge in [0.2, 0.25) is 0 Å². The molecule has 0 aromatic carbocycles. The standard InChI is InChI=1S/C7H17NO3.C7H12O4.C6H16N2.CH4/c1-9-4-5-11-7-6-10-3-2-8;1-5(7(10)11-2)3-4-6(8)9;1-2-5-8-6-3-4-7;/h2-8H2,1H3;5H,3-4H2,1-2H3,(H,8,9);8H,2-7H2,1H3;1H4. The van der Waals surface area contributed by atoms with Crippen molar-refractivity contribution in [1.29, 1.82) is 0 Å². The van der Waals surface area contributed by atoms with Crippen LogP contribution in [0.3, 0.4) is 0 Å². The summed E-state index contributed by atoms with van der Waals surface area (Å²) in [5.41, 5.74) is 10.5. The molecule has 10 nitrogen and oxygen atoms in total. The van der Waals surface area contributed by atoms with Crippen LogP contribution in [0.25, 0.3) is 0 Å². The van der Waals surface area contributed by atoms with Crippen LogP contribution < -0.4 is 16.8 Å². The number of esters is 1. The molecule has 1 atom stereocenters. The van der Waals surface area contributed by atoms with Crippen molar-refractivity contribution in [3.8, 4) is 0 Å². The van der Waals surface area contributed by atoms with Crippen molar-refractivity contribution >= 4 is 11.9 Å². The maximum absolute atomic E-state index is 10.7. The summed E-state index contributed by atoms with van der Waals surface area (Å²) >= 11 is 0. The number of carboxylic acids is 1. The smallest absolute Gasteiger partial charge is 0.308 e. The summed E-state index contributed by atoms with van der Waals surface area (Å²) in [7, 11) is 2.94. The molecule has 0 amide bonds. The van der Waals surface area contributed by atoms with Gasteiger partial charge >= 0.3 is 11.9 Å². The van der Waals surface area contributed by atoms with Gasteiger partial charge in [0, 0.05) is 20.1 Å². The molecular formula is C21H49N3O7. The third-order valence-electron chi connectivity index (χ3n) is 3.45. The van der Waals surface area contributed by atoms with Crippen LogP contribution in [0.15, 0.2) is 0 Å². The predicted octanol–water partition coefficient (Wildman–Crippen LogP) is 1.26. The van der Waals surface area contributed by atoms with E-state index in [0.717, 1.165) is 26.1 Å². The number of hydrogen-bond acceptors (Lipinski definition) is 9. The Labute approximate surface area is 189 Å². The molecule has 31 heavy (non-hydrogen) atoms. The summed E-state index contributed by atoms with van der Waals surface area (Å²) in [6, 6.07) is 0. The largest absolute Gasteiger partial charge is 0.481 e. The molecule has 0 fully saturated rings. The highest BCUT2D eigenvalue weighted by Crippen LogP contribution is 2.06. The van der Waals surface area contributed by atoms with E-state index in [2.05, 4.69) is 17.0 Å². The lowest BCUT2D eigenvalue weighted by Gasteiger charge is -2.05. The van der Waals surface area contributed by atoms with E-state index < -0.39 is 5.97 Å². The van der Waals surface area contributed by atoms with Crippen molar-refractivity contribution in [1.82, 2.24) is 5.32 Å². The van der Waals surface area contributed by atoms with Gasteiger partial charge in [0.15, 0.2) is 0 Å². The van der Waals surface area contributed by atoms with Crippen molar-refractivity contribution in [2.45, 2.75) is 47.0 Å². The second kappa shape index (κ2) is 33.3. The van der Waals surface area contributed by atoms with Gasteiger partial charge in [-0.15, -0.1) is 0 Å². The molecule has 0 aromatic heterocycles. The second-order valence-electron chi connectivity index (χ2n) is 6.26. The first-order chi connectivity index (χ1) is 14.4. The van der Waals surface area contributed by atoms with E-state index in [4.69, 9.17) is 30.8 Å². The Kier molecular flexibility index (Phi) is 39.8. The zero-order valence-corrected chi connectivity index (χ0v) is 19.3. The van der Waals surface area contributed by atoms with Crippen LogP contribution >= 0.6 is 0 Å². The molecule has 0 spiro atoms. The van der Waals surface area contributed by atoms with Gasteiger partial charge in [0.25, 0.3) is 0 Å². The molecular weight excluding hydrogens is 406 g/mol. The van der Waals surface area contributed by atoms with Crippen molar-refractivity contribution in [3.63, 3.8) is 0 Å². The second-order valence-corrected chi connectivity index (χ2v) is 6.26. The highest BCUT2D eigenvalue weighted by molar-refractivity contribution is 5.73. The first kappa shape index (κ1) is 37.0. The van der Waals surface area contributed by atoms with E-state index in [9.17, 15) is 9.59 Å². The van der Waals surface area contributed by atoms with Crippen LogP contribution in [-0.4, -0.2) is 90.5 Å². The molecule has 0 heterocycles. The average Bonchev–Trinajstić information content (AvgIpc) is 2.75. The van der Waals surface area contributed by atoms with Crippen LogP contribution in [0.4, 0.5) is 0 Å². The van der Waals surface area contributed by atoms with Gasteiger partial charge < -0.3 is 40.8 Å². The summed E-state index contributed by atoms with van der Waals surface area (Å²) in [5, 5.41) is 11.5. The highest BCUT2D eigenvalue weighted by atomic mass is 16.5. The lowest BCUT2D eigenvalue weighted by atomic mass is 10.1. The molecule has 0 saturated heterocycles. The van der Waals surface area contributed by atoms with Crippen LogP contribution in [0, 0.1) is 5.92 Å².